The lowest BCUT2D eigenvalue weighted by Gasteiger charge is -2.20. The fourth-order valence-corrected chi connectivity index (χ4v) is 3.37. The minimum atomic E-state index is -4.66. The number of hydrogen-bond acceptors (Lipinski definition) is 2. The van der Waals surface area contributed by atoms with Gasteiger partial charge in [0.25, 0.3) is 0 Å². The van der Waals surface area contributed by atoms with Crippen molar-refractivity contribution in [2.75, 3.05) is 0 Å². The van der Waals surface area contributed by atoms with Crippen LogP contribution in [-0.4, -0.2) is 0 Å². The minimum absolute atomic E-state index is 0.112. The zero-order valence-electron chi connectivity index (χ0n) is 17.9. The lowest BCUT2D eigenvalue weighted by atomic mass is 10.0. The Hall–Kier alpha value is -3.87. The molecule has 0 aromatic heterocycles. The van der Waals surface area contributed by atoms with E-state index in [1.165, 1.54) is 6.07 Å². The number of nitriles is 1. The molecule has 0 aliphatic carbocycles. The Balaban J connectivity index is 1.95. The zero-order valence-corrected chi connectivity index (χ0v) is 17.9. The molecule has 35 heavy (non-hydrogen) atoms. The molecule has 10 heteroatoms. The molecule has 0 heterocycles. The van der Waals surface area contributed by atoms with Crippen molar-refractivity contribution < 1.29 is 39.9 Å². The summed E-state index contributed by atoms with van der Waals surface area (Å²) in [6.45, 7) is 1.74. The Morgan fingerprint density at radius 2 is 1.37 bits per heavy atom. The van der Waals surface area contributed by atoms with Gasteiger partial charge < -0.3 is 4.74 Å². The Kier molecular flexibility index (Phi) is 7.48. The Bertz CT molecular complexity index is 1270. The van der Waals surface area contributed by atoms with Gasteiger partial charge in [-0.3, -0.25) is 0 Å². The van der Waals surface area contributed by atoms with Gasteiger partial charge in [-0.1, -0.05) is 12.2 Å². The van der Waals surface area contributed by atoms with Crippen LogP contribution in [0.3, 0.4) is 0 Å². The van der Waals surface area contributed by atoms with Crippen LogP contribution in [0.2, 0.25) is 0 Å². The van der Waals surface area contributed by atoms with Gasteiger partial charge in [-0.15, -0.1) is 0 Å². The number of hydrogen-bond donors (Lipinski definition) is 0. The molecule has 0 saturated carbocycles. The largest absolute Gasteiger partial charge is 0.432 e. The summed E-state index contributed by atoms with van der Waals surface area (Å²) in [6, 6.07) is 4.16. The highest BCUT2D eigenvalue weighted by Gasteiger charge is 2.41. The highest BCUT2D eigenvalue weighted by Crippen LogP contribution is 2.38. The second-order valence-corrected chi connectivity index (χ2v) is 7.35. The van der Waals surface area contributed by atoms with Crippen LogP contribution < -0.4 is 4.74 Å². The first-order valence-electron chi connectivity index (χ1n) is 10.0. The molecule has 2 nitrogen and oxygen atoms in total. The first-order chi connectivity index (χ1) is 16.5. The standard InChI is InChI=1S/C25H15F8NO/c1-2-3-4-5-13-6-21(30)24(22(31)7-13)25(32,33)35-15-10-19(28)23(20(29)11-15)14-8-17(26)16(12-34)18(27)9-14/h2-3,6-11H,4-5H2,1H3/b3-2+. The fourth-order valence-electron chi connectivity index (χ4n) is 3.37. The van der Waals surface area contributed by atoms with Crippen molar-refractivity contribution in [2.24, 2.45) is 0 Å². The van der Waals surface area contributed by atoms with Gasteiger partial charge in [0.15, 0.2) is 0 Å². The van der Waals surface area contributed by atoms with Crippen LogP contribution in [0, 0.1) is 46.2 Å². The van der Waals surface area contributed by atoms with Gasteiger partial charge in [-0.25, -0.2) is 26.3 Å². The molecule has 0 radical (unpaired) electrons. The van der Waals surface area contributed by atoms with E-state index < -0.39 is 69.0 Å². The molecule has 0 aliphatic rings. The van der Waals surface area contributed by atoms with Crippen LogP contribution in [0.25, 0.3) is 11.1 Å². The van der Waals surface area contributed by atoms with Gasteiger partial charge in [0.05, 0.1) is 5.56 Å². The van der Waals surface area contributed by atoms with E-state index in [-0.39, 0.29) is 24.1 Å². The molecule has 0 saturated heterocycles. The molecule has 3 rings (SSSR count). The van der Waals surface area contributed by atoms with Crippen molar-refractivity contribution in [1.82, 2.24) is 0 Å². The van der Waals surface area contributed by atoms with E-state index in [0.717, 1.165) is 0 Å². The third kappa shape index (κ3) is 5.45. The number of nitrogens with zero attached hydrogens (tertiary/aromatic N) is 1. The van der Waals surface area contributed by atoms with E-state index in [4.69, 9.17) is 5.26 Å². The minimum Gasteiger partial charge on any atom is -0.429 e. The number of alkyl halides is 2. The molecule has 0 amide bonds. The second-order valence-electron chi connectivity index (χ2n) is 7.35. The topological polar surface area (TPSA) is 33.0 Å². The average molecular weight is 497 g/mol. The Morgan fingerprint density at radius 3 is 1.86 bits per heavy atom. The summed E-state index contributed by atoms with van der Waals surface area (Å²) >= 11 is 0. The summed E-state index contributed by atoms with van der Waals surface area (Å²) < 4.78 is 119. The van der Waals surface area contributed by atoms with Gasteiger partial charge in [0.2, 0.25) is 0 Å². The van der Waals surface area contributed by atoms with Crippen molar-refractivity contribution in [3.05, 3.63) is 100 Å². The Labute approximate surface area is 194 Å². The SMILES string of the molecule is C/C=C/CCc1cc(F)c(C(F)(F)Oc2cc(F)c(-c3cc(F)c(C#N)c(F)c3)c(F)c2)c(F)c1. The van der Waals surface area contributed by atoms with Crippen LogP contribution in [0.4, 0.5) is 35.1 Å². The summed E-state index contributed by atoms with van der Waals surface area (Å²) in [5, 5.41) is 8.69. The lowest BCUT2D eigenvalue weighted by molar-refractivity contribution is -0.189. The van der Waals surface area contributed by atoms with Crippen LogP contribution in [-0.2, 0) is 12.5 Å². The molecular formula is C25H15F8NO. The maximum Gasteiger partial charge on any atom is 0.432 e. The summed E-state index contributed by atoms with van der Waals surface area (Å²) in [6.07, 6.45) is -0.641. The summed E-state index contributed by atoms with van der Waals surface area (Å²) in [5.41, 5.74) is -4.27. The monoisotopic (exact) mass is 497 g/mol. The average Bonchev–Trinajstić information content (AvgIpc) is 2.72. The van der Waals surface area contributed by atoms with Crippen LogP contribution in [0.5, 0.6) is 5.75 Å². The first kappa shape index (κ1) is 25.7. The van der Waals surface area contributed by atoms with E-state index in [0.29, 0.717) is 30.7 Å². The van der Waals surface area contributed by atoms with Crippen molar-refractivity contribution in [2.45, 2.75) is 25.9 Å². The third-order valence-corrected chi connectivity index (χ3v) is 4.93. The molecular weight excluding hydrogens is 482 g/mol. The van der Waals surface area contributed by atoms with Crippen LogP contribution in [0.1, 0.15) is 30.0 Å². The smallest absolute Gasteiger partial charge is 0.429 e. The second kappa shape index (κ2) is 10.2. The van der Waals surface area contributed by atoms with Crippen LogP contribution in [0.15, 0.2) is 48.6 Å². The van der Waals surface area contributed by atoms with E-state index in [2.05, 4.69) is 4.74 Å². The highest BCUT2D eigenvalue weighted by atomic mass is 19.3. The number of ether oxygens (including phenoxy) is 1. The van der Waals surface area contributed by atoms with E-state index in [1.54, 1.807) is 19.1 Å². The lowest BCUT2D eigenvalue weighted by Crippen LogP contribution is -2.25. The third-order valence-electron chi connectivity index (χ3n) is 4.93. The normalized spacial score (nSPS) is 11.7. The van der Waals surface area contributed by atoms with E-state index in [1.807, 2.05) is 0 Å². The van der Waals surface area contributed by atoms with Crippen molar-refractivity contribution in [3.8, 4) is 22.9 Å². The van der Waals surface area contributed by atoms with Gasteiger partial charge >= 0.3 is 6.11 Å². The van der Waals surface area contributed by atoms with Crippen molar-refractivity contribution >= 4 is 0 Å². The molecule has 0 unspecified atom stereocenters. The number of halogens is 8. The summed E-state index contributed by atoms with van der Waals surface area (Å²) in [5.74, 6) is -10.3. The maximum atomic E-state index is 14.6. The summed E-state index contributed by atoms with van der Waals surface area (Å²) in [4.78, 5) is 0. The van der Waals surface area contributed by atoms with Crippen LogP contribution >= 0.6 is 0 Å². The Morgan fingerprint density at radius 1 is 0.829 bits per heavy atom. The predicted molar refractivity (Wildman–Crippen MR) is 110 cm³/mol. The summed E-state index contributed by atoms with van der Waals surface area (Å²) in [7, 11) is 0. The van der Waals surface area contributed by atoms with E-state index >= 15 is 0 Å². The molecule has 0 bridgehead atoms. The van der Waals surface area contributed by atoms with Gasteiger partial charge in [0, 0.05) is 12.1 Å². The van der Waals surface area contributed by atoms with Crippen molar-refractivity contribution in [3.63, 3.8) is 0 Å². The molecule has 3 aromatic carbocycles. The van der Waals surface area contributed by atoms with Crippen molar-refractivity contribution in [1.29, 1.82) is 5.26 Å². The molecule has 0 fully saturated rings. The predicted octanol–water partition coefficient (Wildman–Crippen LogP) is 7.70. The molecule has 0 atom stereocenters. The maximum absolute atomic E-state index is 14.6. The zero-order chi connectivity index (χ0) is 25.9. The number of rotatable bonds is 7. The highest BCUT2D eigenvalue weighted by molar-refractivity contribution is 5.67. The van der Waals surface area contributed by atoms with Gasteiger partial charge in [-0.05, 0) is 55.2 Å². The number of aryl methyl sites for hydroxylation is 1. The number of allylic oxidation sites excluding steroid dienone is 2. The molecule has 182 valence electrons. The fraction of sp³-hybridized carbons (Fsp3) is 0.160. The first-order valence-corrected chi connectivity index (χ1v) is 10.0. The molecule has 0 N–H and O–H groups in total. The van der Waals surface area contributed by atoms with Gasteiger partial charge in [-0.2, -0.15) is 14.0 Å². The quantitative estimate of drug-likeness (QED) is 0.248. The number of benzene rings is 3. The molecule has 3 aromatic rings. The van der Waals surface area contributed by atoms with Gasteiger partial charge in [0.1, 0.15) is 57.8 Å². The van der Waals surface area contributed by atoms with E-state index in [9.17, 15) is 35.1 Å². The molecule has 0 aliphatic heterocycles. The molecule has 0 spiro atoms.